The van der Waals surface area contributed by atoms with Crippen molar-refractivity contribution in [3.8, 4) is 5.75 Å². The Labute approximate surface area is 131 Å². The second-order valence-corrected chi connectivity index (χ2v) is 6.10. The normalized spacial score (nSPS) is 12.6. The van der Waals surface area contributed by atoms with Crippen LogP contribution in [0.3, 0.4) is 0 Å². The molecule has 0 aliphatic heterocycles. The highest BCUT2D eigenvalue weighted by atomic mass is 16.5. The van der Waals surface area contributed by atoms with Crippen LogP contribution in [0.4, 0.5) is 0 Å². The molecule has 1 N–H and O–H groups in total. The number of fused-ring (bicyclic) bond motifs is 1. The molecule has 0 radical (unpaired) electrons. The highest BCUT2D eigenvalue weighted by Gasteiger charge is 2.14. The molecule has 3 heteroatoms. The van der Waals surface area contributed by atoms with Crippen molar-refractivity contribution < 1.29 is 4.74 Å². The Kier molecular flexibility index (Phi) is 3.65. The zero-order valence-corrected chi connectivity index (χ0v) is 13.8. The Morgan fingerprint density at radius 3 is 2.41 bits per heavy atom. The van der Waals surface area contributed by atoms with Crippen LogP contribution in [0.25, 0.3) is 11.0 Å². The number of nitrogens with one attached hydrogen (secondary N) is 1. The zero-order valence-electron chi connectivity index (χ0n) is 13.8. The lowest BCUT2D eigenvalue weighted by molar-refractivity contribution is 0.216. The Morgan fingerprint density at radius 2 is 1.68 bits per heavy atom. The third-order valence-electron chi connectivity index (χ3n) is 4.13. The Balaban J connectivity index is 1.90. The summed E-state index contributed by atoms with van der Waals surface area (Å²) in [6, 6.07) is 10.5. The summed E-state index contributed by atoms with van der Waals surface area (Å²) in [6.07, 6.45) is -0.116. The molecule has 2 aromatic carbocycles. The summed E-state index contributed by atoms with van der Waals surface area (Å²) in [4.78, 5) is 8.06. The van der Waals surface area contributed by atoms with E-state index in [9.17, 15) is 0 Å². The minimum Gasteiger partial charge on any atom is -0.483 e. The lowest BCUT2D eigenvalue weighted by atomic mass is 10.1. The second-order valence-electron chi connectivity index (χ2n) is 6.10. The molecule has 1 heterocycles. The first kappa shape index (κ1) is 14.6. The predicted octanol–water partition coefficient (Wildman–Crippen LogP) is 4.94. The summed E-state index contributed by atoms with van der Waals surface area (Å²) >= 11 is 0. The molecule has 0 saturated heterocycles. The fraction of sp³-hybridized carbons (Fsp3) is 0.316. The van der Waals surface area contributed by atoms with Crippen molar-refractivity contribution in [3.05, 3.63) is 58.4 Å². The van der Waals surface area contributed by atoms with Gasteiger partial charge < -0.3 is 9.72 Å². The largest absolute Gasteiger partial charge is 0.483 e. The van der Waals surface area contributed by atoms with Gasteiger partial charge in [0.15, 0.2) is 6.10 Å². The molecule has 1 aromatic heterocycles. The SMILES string of the molecule is Cc1ccc(O[C@@H](C)c2nc3cc(C)c(C)cc3[nH]2)c(C)c1. The maximum absolute atomic E-state index is 6.08. The van der Waals surface area contributed by atoms with E-state index in [2.05, 4.69) is 61.9 Å². The van der Waals surface area contributed by atoms with Gasteiger partial charge in [-0.15, -0.1) is 0 Å². The number of benzene rings is 2. The van der Waals surface area contributed by atoms with Crippen molar-refractivity contribution in [2.75, 3.05) is 0 Å². The summed E-state index contributed by atoms with van der Waals surface area (Å²) in [6.45, 7) is 10.4. The van der Waals surface area contributed by atoms with E-state index in [4.69, 9.17) is 4.74 Å². The van der Waals surface area contributed by atoms with E-state index in [-0.39, 0.29) is 6.10 Å². The minimum absolute atomic E-state index is 0.116. The summed E-state index contributed by atoms with van der Waals surface area (Å²) in [7, 11) is 0. The molecule has 0 aliphatic rings. The molecule has 0 amide bonds. The van der Waals surface area contributed by atoms with Crippen molar-refractivity contribution in [2.45, 2.75) is 40.7 Å². The van der Waals surface area contributed by atoms with Crippen LogP contribution >= 0.6 is 0 Å². The maximum Gasteiger partial charge on any atom is 0.153 e. The van der Waals surface area contributed by atoms with Crippen LogP contribution in [-0.2, 0) is 0 Å². The highest BCUT2D eigenvalue weighted by molar-refractivity contribution is 5.77. The number of aromatic amines is 1. The molecule has 3 rings (SSSR count). The monoisotopic (exact) mass is 294 g/mol. The van der Waals surface area contributed by atoms with Crippen LogP contribution in [0.2, 0.25) is 0 Å². The lowest BCUT2D eigenvalue weighted by Gasteiger charge is -2.14. The lowest BCUT2D eigenvalue weighted by Crippen LogP contribution is -2.06. The van der Waals surface area contributed by atoms with Crippen molar-refractivity contribution >= 4 is 11.0 Å². The molecule has 0 unspecified atom stereocenters. The van der Waals surface area contributed by atoms with Gasteiger partial charge >= 0.3 is 0 Å². The first-order valence-electron chi connectivity index (χ1n) is 7.65. The van der Waals surface area contributed by atoms with Gasteiger partial charge in [0, 0.05) is 0 Å². The van der Waals surface area contributed by atoms with E-state index < -0.39 is 0 Å². The molecule has 3 aromatic rings. The van der Waals surface area contributed by atoms with Gasteiger partial charge in [0.25, 0.3) is 0 Å². The fourth-order valence-electron chi connectivity index (χ4n) is 2.66. The molecular weight excluding hydrogens is 272 g/mol. The van der Waals surface area contributed by atoms with E-state index in [0.717, 1.165) is 28.2 Å². The molecule has 114 valence electrons. The van der Waals surface area contributed by atoms with E-state index in [1.165, 1.54) is 16.7 Å². The highest BCUT2D eigenvalue weighted by Crippen LogP contribution is 2.26. The smallest absolute Gasteiger partial charge is 0.153 e. The van der Waals surface area contributed by atoms with Crippen LogP contribution in [0, 0.1) is 27.7 Å². The van der Waals surface area contributed by atoms with Crippen molar-refractivity contribution in [1.82, 2.24) is 9.97 Å². The van der Waals surface area contributed by atoms with Crippen molar-refractivity contribution in [1.29, 1.82) is 0 Å². The molecule has 22 heavy (non-hydrogen) atoms. The van der Waals surface area contributed by atoms with E-state index in [0.29, 0.717) is 0 Å². The van der Waals surface area contributed by atoms with E-state index in [1.54, 1.807) is 0 Å². The number of rotatable bonds is 3. The number of nitrogens with zero attached hydrogens (tertiary/aromatic N) is 1. The Hall–Kier alpha value is -2.29. The van der Waals surface area contributed by atoms with Gasteiger partial charge in [-0.05, 0) is 69.5 Å². The van der Waals surface area contributed by atoms with Crippen LogP contribution in [-0.4, -0.2) is 9.97 Å². The molecule has 0 spiro atoms. The number of H-pyrrole nitrogens is 1. The second kappa shape index (κ2) is 5.48. The first-order valence-corrected chi connectivity index (χ1v) is 7.65. The number of aromatic nitrogens is 2. The number of hydrogen-bond donors (Lipinski definition) is 1. The Bertz CT molecular complexity index is 794. The number of hydrogen-bond acceptors (Lipinski definition) is 2. The van der Waals surface area contributed by atoms with Gasteiger partial charge in [0.1, 0.15) is 11.6 Å². The topological polar surface area (TPSA) is 37.9 Å². The third-order valence-corrected chi connectivity index (χ3v) is 4.13. The molecule has 0 saturated carbocycles. The maximum atomic E-state index is 6.08. The van der Waals surface area contributed by atoms with Crippen LogP contribution in [0.5, 0.6) is 5.75 Å². The summed E-state index contributed by atoms with van der Waals surface area (Å²) < 4.78 is 6.08. The quantitative estimate of drug-likeness (QED) is 0.743. The van der Waals surface area contributed by atoms with E-state index in [1.807, 2.05) is 13.0 Å². The molecular formula is C19H22N2O. The molecule has 1 atom stereocenters. The first-order chi connectivity index (χ1) is 10.4. The zero-order chi connectivity index (χ0) is 15.9. The van der Waals surface area contributed by atoms with Gasteiger partial charge in [-0.3, -0.25) is 0 Å². The molecule has 0 aliphatic carbocycles. The number of ether oxygens (including phenoxy) is 1. The predicted molar refractivity (Wildman–Crippen MR) is 90.5 cm³/mol. The molecule has 0 bridgehead atoms. The van der Waals surface area contributed by atoms with Crippen LogP contribution < -0.4 is 4.74 Å². The van der Waals surface area contributed by atoms with Crippen molar-refractivity contribution in [3.63, 3.8) is 0 Å². The summed E-state index contributed by atoms with van der Waals surface area (Å²) in [5, 5.41) is 0. The van der Waals surface area contributed by atoms with Gasteiger partial charge in [-0.1, -0.05) is 17.7 Å². The van der Waals surface area contributed by atoms with Crippen LogP contribution in [0.15, 0.2) is 30.3 Å². The minimum atomic E-state index is -0.116. The standard InChI is InChI=1S/C19H22N2O/c1-11-6-7-18(14(4)8-11)22-15(5)19-20-16-9-12(2)13(3)10-17(16)21-19/h6-10,15H,1-5H3,(H,20,21)/t15-/m0/s1. The molecule has 0 fully saturated rings. The van der Waals surface area contributed by atoms with Gasteiger partial charge in [0.05, 0.1) is 11.0 Å². The fourth-order valence-corrected chi connectivity index (χ4v) is 2.66. The molecule has 3 nitrogen and oxygen atoms in total. The average molecular weight is 294 g/mol. The number of imidazole rings is 1. The van der Waals surface area contributed by atoms with Gasteiger partial charge in [-0.2, -0.15) is 0 Å². The van der Waals surface area contributed by atoms with Gasteiger partial charge in [0.2, 0.25) is 0 Å². The van der Waals surface area contributed by atoms with Gasteiger partial charge in [-0.25, -0.2) is 4.98 Å². The summed E-state index contributed by atoms with van der Waals surface area (Å²) in [5.41, 5.74) is 6.98. The number of aryl methyl sites for hydroxylation is 4. The van der Waals surface area contributed by atoms with Crippen molar-refractivity contribution in [2.24, 2.45) is 0 Å². The third kappa shape index (κ3) is 2.71. The van der Waals surface area contributed by atoms with Crippen LogP contribution in [0.1, 0.15) is 41.1 Å². The average Bonchev–Trinajstić information content (AvgIpc) is 2.85. The Morgan fingerprint density at radius 1 is 0.955 bits per heavy atom. The summed E-state index contributed by atoms with van der Waals surface area (Å²) in [5.74, 6) is 1.77. The van der Waals surface area contributed by atoms with E-state index >= 15 is 0 Å².